The summed E-state index contributed by atoms with van der Waals surface area (Å²) in [5.74, 6) is 0.320. The van der Waals surface area contributed by atoms with E-state index in [1.165, 1.54) is 5.56 Å². The predicted molar refractivity (Wildman–Crippen MR) is 76.3 cm³/mol. The third-order valence-electron chi connectivity index (χ3n) is 3.45. The van der Waals surface area contributed by atoms with Gasteiger partial charge in [-0.05, 0) is 18.6 Å². The topological polar surface area (TPSA) is 44.6 Å². The molecule has 1 heterocycles. The lowest BCUT2D eigenvalue weighted by atomic mass is 9.98. The number of phenolic OH excluding ortho intramolecular Hbond substituents is 1. The molecule has 0 saturated carbocycles. The van der Waals surface area contributed by atoms with Gasteiger partial charge >= 0.3 is 0 Å². The van der Waals surface area contributed by atoms with Crippen LogP contribution < -0.4 is 5.43 Å². The molecule has 3 heteroatoms. The molecule has 0 spiro atoms. The lowest BCUT2D eigenvalue weighted by molar-refractivity contribution is 0.455. The van der Waals surface area contributed by atoms with Crippen LogP contribution in [-0.2, 0) is 0 Å². The van der Waals surface area contributed by atoms with Crippen molar-refractivity contribution in [3.63, 3.8) is 0 Å². The summed E-state index contributed by atoms with van der Waals surface area (Å²) < 4.78 is 0. The van der Waals surface area contributed by atoms with E-state index in [9.17, 15) is 5.11 Å². The van der Waals surface area contributed by atoms with Crippen molar-refractivity contribution in [2.75, 3.05) is 0 Å². The van der Waals surface area contributed by atoms with E-state index in [0.29, 0.717) is 5.75 Å². The SMILES string of the molecule is Cc1ccc(C2=NNC(c3ccccc3O)C2)cc1. The minimum Gasteiger partial charge on any atom is -0.508 e. The molecule has 0 radical (unpaired) electrons. The first kappa shape index (κ1) is 11.8. The number of hydrazone groups is 1. The van der Waals surface area contributed by atoms with Gasteiger partial charge in [0.25, 0.3) is 0 Å². The second-order valence-corrected chi connectivity index (χ2v) is 4.87. The molecule has 3 rings (SSSR count). The average Bonchev–Trinajstić information content (AvgIpc) is 2.89. The molecule has 0 fully saturated rings. The Morgan fingerprint density at radius 1 is 1.11 bits per heavy atom. The molecule has 19 heavy (non-hydrogen) atoms. The lowest BCUT2D eigenvalue weighted by Crippen LogP contribution is -2.10. The Morgan fingerprint density at radius 2 is 1.84 bits per heavy atom. The Kier molecular flexibility index (Phi) is 2.95. The van der Waals surface area contributed by atoms with Crippen LogP contribution in [0.4, 0.5) is 0 Å². The summed E-state index contributed by atoms with van der Waals surface area (Å²) >= 11 is 0. The third kappa shape index (κ3) is 2.32. The second-order valence-electron chi connectivity index (χ2n) is 4.87. The van der Waals surface area contributed by atoms with Crippen LogP contribution in [0.15, 0.2) is 53.6 Å². The van der Waals surface area contributed by atoms with E-state index in [4.69, 9.17) is 0 Å². The fourth-order valence-electron chi connectivity index (χ4n) is 2.33. The zero-order valence-electron chi connectivity index (χ0n) is 10.8. The van der Waals surface area contributed by atoms with Crippen molar-refractivity contribution >= 4 is 5.71 Å². The van der Waals surface area contributed by atoms with Crippen LogP contribution >= 0.6 is 0 Å². The molecule has 3 nitrogen and oxygen atoms in total. The number of hydrogen-bond acceptors (Lipinski definition) is 3. The molecule has 1 atom stereocenters. The molecule has 0 aliphatic carbocycles. The van der Waals surface area contributed by atoms with Crippen LogP contribution in [0.25, 0.3) is 0 Å². The number of para-hydroxylation sites is 1. The molecule has 2 aromatic carbocycles. The Bertz CT molecular complexity index is 617. The highest BCUT2D eigenvalue weighted by Gasteiger charge is 2.22. The number of aryl methyl sites for hydroxylation is 1. The zero-order chi connectivity index (χ0) is 13.2. The standard InChI is InChI=1S/C16H16N2O/c1-11-6-8-12(9-7-11)14-10-15(18-17-14)13-4-2-3-5-16(13)19/h2-9,15,18-19H,10H2,1H3. The number of benzene rings is 2. The molecule has 2 aromatic rings. The number of hydrogen-bond donors (Lipinski definition) is 2. The first-order valence-corrected chi connectivity index (χ1v) is 6.41. The smallest absolute Gasteiger partial charge is 0.120 e. The Morgan fingerprint density at radius 3 is 2.58 bits per heavy atom. The zero-order valence-corrected chi connectivity index (χ0v) is 10.8. The van der Waals surface area contributed by atoms with E-state index in [-0.39, 0.29) is 6.04 Å². The normalized spacial score (nSPS) is 17.9. The van der Waals surface area contributed by atoms with Gasteiger partial charge in [-0.25, -0.2) is 0 Å². The maximum absolute atomic E-state index is 9.87. The first-order valence-electron chi connectivity index (χ1n) is 6.41. The lowest BCUT2D eigenvalue weighted by Gasteiger charge is -2.11. The van der Waals surface area contributed by atoms with Gasteiger partial charge in [0.1, 0.15) is 5.75 Å². The summed E-state index contributed by atoms with van der Waals surface area (Å²) in [6.45, 7) is 2.07. The van der Waals surface area contributed by atoms with Crippen molar-refractivity contribution in [3.05, 3.63) is 65.2 Å². The van der Waals surface area contributed by atoms with Crippen LogP contribution in [0.2, 0.25) is 0 Å². The summed E-state index contributed by atoms with van der Waals surface area (Å²) in [7, 11) is 0. The fourth-order valence-corrected chi connectivity index (χ4v) is 2.33. The summed E-state index contributed by atoms with van der Waals surface area (Å²) in [5, 5.41) is 14.3. The van der Waals surface area contributed by atoms with E-state index in [0.717, 1.165) is 23.3 Å². The minimum absolute atomic E-state index is 0.0532. The van der Waals surface area contributed by atoms with E-state index in [1.54, 1.807) is 6.07 Å². The fraction of sp³-hybridized carbons (Fsp3) is 0.188. The molecule has 1 aliphatic rings. The van der Waals surface area contributed by atoms with Crippen LogP contribution in [0.5, 0.6) is 5.75 Å². The predicted octanol–water partition coefficient (Wildman–Crippen LogP) is 3.14. The van der Waals surface area contributed by atoms with Crippen LogP contribution in [0.3, 0.4) is 0 Å². The van der Waals surface area contributed by atoms with Crippen molar-refractivity contribution in [3.8, 4) is 5.75 Å². The Balaban J connectivity index is 1.80. The van der Waals surface area contributed by atoms with Crippen molar-refractivity contribution in [1.82, 2.24) is 5.43 Å². The number of rotatable bonds is 2. The monoisotopic (exact) mass is 252 g/mol. The number of nitrogens with zero attached hydrogens (tertiary/aromatic N) is 1. The Labute approximate surface area is 112 Å². The number of aromatic hydroxyl groups is 1. The van der Waals surface area contributed by atoms with E-state index < -0.39 is 0 Å². The van der Waals surface area contributed by atoms with Gasteiger partial charge in [0.15, 0.2) is 0 Å². The van der Waals surface area contributed by atoms with Crippen molar-refractivity contribution in [1.29, 1.82) is 0 Å². The van der Waals surface area contributed by atoms with Gasteiger partial charge in [-0.3, -0.25) is 0 Å². The highest BCUT2D eigenvalue weighted by atomic mass is 16.3. The highest BCUT2D eigenvalue weighted by Crippen LogP contribution is 2.30. The van der Waals surface area contributed by atoms with E-state index in [1.807, 2.05) is 18.2 Å². The maximum atomic E-state index is 9.87. The van der Waals surface area contributed by atoms with Crippen molar-refractivity contribution < 1.29 is 5.11 Å². The van der Waals surface area contributed by atoms with Crippen LogP contribution in [0, 0.1) is 6.92 Å². The summed E-state index contributed by atoms with van der Waals surface area (Å²) in [4.78, 5) is 0. The molecule has 96 valence electrons. The summed E-state index contributed by atoms with van der Waals surface area (Å²) in [6, 6.07) is 15.8. The van der Waals surface area contributed by atoms with Crippen molar-refractivity contribution in [2.45, 2.75) is 19.4 Å². The molecule has 2 N–H and O–H groups in total. The average molecular weight is 252 g/mol. The summed E-state index contributed by atoms with van der Waals surface area (Å²) in [6.07, 6.45) is 0.792. The highest BCUT2D eigenvalue weighted by molar-refractivity contribution is 6.01. The van der Waals surface area contributed by atoms with E-state index in [2.05, 4.69) is 41.7 Å². The van der Waals surface area contributed by atoms with Crippen LogP contribution in [0.1, 0.15) is 29.2 Å². The molecule has 1 unspecified atom stereocenters. The first-order chi connectivity index (χ1) is 9.24. The van der Waals surface area contributed by atoms with Gasteiger partial charge < -0.3 is 10.5 Å². The van der Waals surface area contributed by atoms with E-state index >= 15 is 0 Å². The van der Waals surface area contributed by atoms with Gasteiger partial charge in [-0.2, -0.15) is 5.10 Å². The van der Waals surface area contributed by atoms with Crippen molar-refractivity contribution in [2.24, 2.45) is 5.10 Å². The molecule has 0 amide bonds. The number of phenols is 1. The molecular weight excluding hydrogens is 236 g/mol. The van der Waals surface area contributed by atoms with Gasteiger partial charge in [-0.1, -0.05) is 48.0 Å². The third-order valence-corrected chi connectivity index (χ3v) is 3.45. The molecule has 0 aromatic heterocycles. The largest absolute Gasteiger partial charge is 0.508 e. The second kappa shape index (κ2) is 4.76. The quantitative estimate of drug-likeness (QED) is 0.862. The molecular formula is C16H16N2O. The molecule has 0 saturated heterocycles. The minimum atomic E-state index is 0.0532. The van der Waals surface area contributed by atoms with Crippen LogP contribution in [-0.4, -0.2) is 10.8 Å². The molecule has 1 aliphatic heterocycles. The molecule has 0 bridgehead atoms. The van der Waals surface area contributed by atoms with Gasteiger partial charge in [-0.15, -0.1) is 0 Å². The van der Waals surface area contributed by atoms with Gasteiger partial charge in [0, 0.05) is 12.0 Å². The maximum Gasteiger partial charge on any atom is 0.120 e. The van der Waals surface area contributed by atoms with Gasteiger partial charge in [0.05, 0.1) is 11.8 Å². The number of nitrogens with one attached hydrogen (secondary N) is 1. The summed E-state index contributed by atoms with van der Waals surface area (Å²) in [5.41, 5.74) is 7.42. The Hall–Kier alpha value is -2.29. The van der Waals surface area contributed by atoms with Gasteiger partial charge in [0.2, 0.25) is 0 Å².